The molecule has 2 rings (SSSR count). The van der Waals surface area contributed by atoms with Crippen molar-refractivity contribution in [3.63, 3.8) is 0 Å². The van der Waals surface area contributed by atoms with Crippen LogP contribution in [0, 0.1) is 17.0 Å². The van der Waals surface area contributed by atoms with Crippen LogP contribution in [0.2, 0.25) is 0 Å². The molecular formula is C16H17F2N3. The average molecular weight is 289 g/mol. The molecule has 2 aromatic carbocycles. The van der Waals surface area contributed by atoms with Crippen molar-refractivity contribution in [2.24, 2.45) is 5.73 Å². The van der Waals surface area contributed by atoms with E-state index >= 15 is 0 Å². The highest BCUT2D eigenvalue weighted by molar-refractivity contribution is 5.95. The topological polar surface area (TPSA) is 53.1 Å². The Morgan fingerprint density at radius 3 is 2.24 bits per heavy atom. The molecule has 110 valence electrons. The summed E-state index contributed by atoms with van der Waals surface area (Å²) in [6.07, 6.45) is 0. The number of nitrogens with zero attached hydrogens (tertiary/aromatic N) is 1. The maximum atomic E-state index is 13.5. The second-order valence-corrected chi connectivity index (χ2v) is 5.06. The SMILES string of the molecule is CN(Cc1ccc(F)cc1)Cc1cc(F)cc(C(=N)N)c1. The van der Waals surface area contributed by atoms with E-state index in [2.05, 4.69) is 0 Å². The van der Waals surface area contributed by atoms with Gasteiger partial charge in [0.25, 0.3) is 0 Å². The van der Waals surface area contributed by atoms with E-state index in [9.17, 15) is 8.78 Å². The van der Waals surface area contributed by atoms with Crippen LogP contribution in [0.3, 0.4) is 0 Å². The van der Waals surface area contributed by atoms with Crippen LogP contribution in [0.5, 0.6) is 0 Å². The first-order valence-corrected chi connectivity index (χ1v) is 6.51. The molecular weight excluding hydrogens is 272 g/mol. The van der Waals surface area contributed by atoms with Gasteiger partial charge >= 0.3 is 0 Å². The fourth-order valence-electron chi connectivity index (χ4n) is 2.17. The maximum absolute atomic E-state index is 13.5. The van der Waals surface area contributed by atoms with Gasteiger partial charge in [0.05, 0.1) is 0 Å². The molecule has 0 heterocycles. The van der Waals surface area contributed by atoms with Gasteiger partial charge in [0.15, 0.2) is 0 Å². The Labute approximate surface area is 122 Å². The molecule has 21 heavy (non-hydrogen) atoms. The number of hydrogen-bond donors (Lipinski definition) is 2. The Balaban J connectivity index is 2.07. The van der Waals surface area contributed by atoms with Crippen LogP contribution < -0.4 is 5.73 Å². The molecule has 0 unspecified atom stereocenters. The summed E-state index contributed by atoms with van der Waals surface area (Å²) in [4.78, 5) is 1.98. The zero-order chi connectivity index (χ0) is 15.4. The predicted octanol–water partition coefficient (Wildman–Crippen LogP) is 2.88. The van der Waals surface area contributed by atoms with Gasteiger partial charge < -0.3 is 5.73 Å². The van der Waals surface area contributed by atoms with Crippen molar-refractivity contribution in [1.82, 2.24) is 4.90 Å². The van der Waals surface area contributed by atoms with Gasteiger partial charge in [0.2, 0.25) is 0 Å². The normalized spacial score (nSPS) is 10.9. The number of nitrogens with two attached hydrogens (primary N) is 1. The Morgan fingerprint density at radius 2 is 1.62 bits per heavy atom. The first kappa shape index (κ1) is 15.1. The lowest BCUT2D eigenvalue weighted by Crippen LogP contribution is -2.18. The summed E-state index contributed by atoms with van der Waals surface area (Å²) >= 11 is 0. The van der Waals surface area contributed by atoms with E-state index in [1.165, 1.54) is 24.3 Å². The summed E-state index contributed by atoms with van der Waals surface area (Å²) in [7, 11) is 1.89. The lowest BCUT2D eigenvalue weighted by Gasteiger charge is -2.17. The van der Waals surface area contributed by atoms with Gasteiger partial charge in [-0.25, -0.2) is 8.78 Å². The molecule has 0 aliphatic rings. The number of nitrogen functional groups attached to an aromatic ring is 1. The molecule has 0 aliphatic heterocycles. The minimum Gasteiger partial charge on any atom is -0.384 e. The molecule has 0 amide bonds. The Bertz CT molecular complexity index is 638. The first-order valence-electron chi connectivity index (χ1n) is 6.51. The van der Waals surface area contributed by atoms with Crippen LogP contribution in [-0.2, 0) is 13.1 Å². The number of benzene rings is 2. The number of halogens is 2. The monoisotopic (exact) mass is 289 g/mol. The van der Waals surface area contributed by atoms with Gasteiger partial charge in [-0.1, -0.05) is 12.1 Å². The van der Waals surface area contributed by atoms with Gasteiger partial charge in [-0.15, -0.1) is 0 Å². The van der Waals surface area contributed by atoms with Crippen molar-refractivity contribution in [2.75, 3.05) is 7.05 Å². The average Bonchev–Trinajstić information content (AvgIpc) is 2.40. The minimum atomic E-state index is -0.409. The molecule has 0 atom stereocenters. The molecule has 0 fully saturated rings. The highest BCUT2D eigenvalue weighted by Gasteiger charge is 2.07. The molecule has 0 aromatic heterocycles. The van der Waals surface area contributed by atoms with Gasteiger partial charge in [-0.05, 0) is 48.5 Å². The van der Waals surface area contributed by atoms with Gasteiger partial charge in [-0.3, -0.25) is 10.3 Å². The second kappa shape index (κ2) is 6.45. The van der Waals surface area contributed by atoms with Gasteiger partial charge in [-0.2, -0.15) is 0 Å². The maximum Gasteiger partial charge on any atom is 0.124 e. The Morgan fingerprint density at radius 1 is 1.00 bits per heavy atom. The quantitative estimate of drug-likeness (QED) is 0.657. The lowest BCUT2D eigenvalue weighted by atomic mass is 10.1. The van der Waals surface area contributed by atoms with Crippen LogP contribution in [0.15, 0.2) is 42.5 Å². The third-order valence-electron chi connectivity index (χ3n) is 3.09. The first-order chi connectivity index (χ1) is 9.94. The molecule has 0 bridgehead atoms. The molecule has 3 nitrogen and oxygen atoms in total. The van der Waals surface area contributed by atoms with Crippen molar-refractivity contribution in [1.29, 1.82) is 5.41 Å². The molecule has 3 N–H and O–H groups in total. The van der Waals surface area contributed by atoms with E-state index in [1.807, 2.05) is 11.9 Å². The molecule has 0 spiro atoms. The van der Waals surface area contributed by atoms with E-state index in [-0.39, 0.29) is 11.7 Å². The highest BCUT2D eigenvalue weighted by Crippen LogP contribution is 2.13. The lowest BCUT2D eigenvalue weighted by molar-refractivity contribution is 0.318. The van der Waals surface area contributed by atoms with Crippen molar-refractivity contribution in [3.8, 4) is 0 Å². The zero-order valence-electron chi connectivity index (χ0n) is 11.7. The predicted molar refractivity (Wildman–Crippen MR) is 79.0 cm³/mol. The van der Waals surface area contributed by atoms with Crippen LogP contribution in [0.4, 0.5) is 8.78 Å². The molecule has 0 saturated carbocycles. The van der Waals surface area contributed by atoms with E-state index in [0.29, 0.717) is 18.7 Å². The van der Waals surface area contributed by atoms with Crippen LogP contribution in [0.25, 0.3) is 0 Å². The fourth-order valence-corrected chi connectivity index (χ4v) is 2.17. The number of amidine groups is 1. The molecule has 5 heteroatoms. The molecule has 2 aromatic rings. The van der Waals surface area contributed by atoms with Gasteiger partial charge in [0, 0.05) is 18.7 Å². The van der Waals surface area contributed by atoms with Crippen LogP contribution >= 0.6 is 0 Å². The van der Waals surface area contributed by atoms with Crippen LogP contribution in [0.1, 0.15) is 16.7 Å². The summed E-state index contributed by atoms with van der Waals surface area (Å²) < 4.78 is 26.3. The van der Waals surface area contributed by atoms with E-state index < -0.39 is 5.82 Å². The minimum absolute atomic E-state index is 0.156. The van der Waals surface area contributed by atoms with Crippen molar-refractivity contribution in [3.05, 3.63) is 70.8 Å². The molecule has 0 saturated heterocycles. The summed E-state index contributed by atoms with van der Waals surface area (Å²) in [6.45, 7) is 1.13. The second-order valence-electron chi connectivity index (χ2n) is 5.06. The zero-order valence-corrected chi connectivity index (χ0v) is 11.7. The van der Waals surface area contributed by atoms with Crippen molar-refractivity contribution >= 4 is 5.84 Å². The highest BCUT2D eigenvalue weighted by atomic mass is 19.1. The molecule has 0 aliphatic carbocycles. The number of nitrogens with one attached hydrogen (secondary N) is 1. The summed E-state index contributed by atoms with van der Waals surface area (Å²) in [5, 5.41) is 7.37. The van der Waals surface area contributed by atoms with E-state index in [0.717, 1.165) is 11.1 Å². The Kier molecular flexibility index (Phi) is 4.65. The van der Waals surface area contributed by atoms with Gasteiger partial charge in [0.1, 0.15) is 17.5 Å². The summed E-state index contributed by atoms with van der Waals surface area (Å²) in [5.74, 6) is -0.831. The third-order valence-corrected chi connectivity index (χ3v) is 3.09. The van der Waals surface area contributed by atoms with E-state index in [1.54, 1.807) is 18.2 Å². The van der Waals surface area contributed by atoms with Crippen molar-refractivity contribution < 1.29 is 8.78 Å². The summed E-state index contributed by atoms with van der Waals surface area (Å²) in [6, 6.07) is 10.6. The third kappa shape index (κ3) is 4.36. The standard InChI is InChI=1S/C16H17F2N3/c1-21(9-11-2-4-14(17)5-3-11)10-12-6-13(16(19)20)8-15(18)7-12/h2-8H,9-10H2,1H3,(H3,19,20). The smallest absolute Gasteiger partial charge is 0.124 e. The summed E-state index contributed by atoms with van der Waals surface area (Å²) in [5.41, 5.74) is 7.48. The fraction of sp³-hybridized carbons (Fsp3) is 0.188. The van der Waals surface area contributed by atoms with Crippen LogP contribution in [-0.4, -0.2) is 17.8 Å². The Hall–Kier alpha value is -2.27. The van der Waals surface area contributed by atoms with Crippen molar-refractivity contribution in [2.45, 2.75) is 13.1 Å². The van der Waals surface area contributed by atoms with E-state index in [4.69, 9.17) is 11.1 Å². The number of rotatable bonds is 5. The number of hydrogen-bond acceptors (Lipinski definition) is 2. The largest absolute Gasteiger partial charge is 0.384 e. The molecule has 0 radical (unpaired) electrons.